The van der Waals surface area contributed by atoms with Crippen LogP contribution in [0.5, 0.6) is 0 Å². The Morgan fingerprint density at radius 1 is 0.833 bits per heavy atom. The molecule has 0 spiro atoms. The Balaban J connectivity index is 1.35. The molecule has 2 aromatic carbocycles. The zero-order valence-corrected chi connectivity index (χ0v) is 17.5. The molecule has 6 heteroatoms. The summed E-state index contributed by atoms with van der Waals surface area (Å²) in [6, 6.07) is 15.5. The summed E-state index contributed by atoms with van der Waals surface area (Å²) in [5.41, 5.74) is 5.08. The number of nitrogens with zero attached hydrogens (tertiary/aromatic N) is 4. The molecule has 2 heterocycles. The minimum atomic E-state index is -0.0201. The number of carbonyl (C=O) groups is 2. The van der Waals surface area contributed by atoms with Crippen LogP contribution >= 0.6 is 0 Å². The predicted octanol–water partition coefficient (Wildman–Crippen LogP) is 3.16. The minimum absolute atomic E-state index is 0.0201. The molecule has 0 unspecified atom stereocenters. The zero-order chi connectivity index (χ0) is 21.1. The number of hydrogen-bond acceptors (Lipinski definition) is 4. The highest BCUT2D eigenvalue weighted by Gasteiger charge is 2.25. The van der Waals surface area contributed by atoms with E-state index in [1.54, 1.807) is 0 Å². The number of hydrogen-bond donors (Lipinski definition) is 0. The second-order valence-electron chi connectivity index (χ2n) is 7.76. The summed E-state index contributed by atoms with van der Waals surface area (Å²) in [4.78, 5) is 38.3. The quantitative estimate of drug-likeness (QED) is 0.672. The average molecular weight is 402 g/mol. The lowest BCUT2D eigenvalue weighted by atomic mass is 10.1. The maximum Gasteiger partial charge on any atom is 0.254 e. The maximum absolute atomic E-state index is 13.0. The third-order valence-corrected chi connectivity index (χ3v) is 5.71. The van der Waals surface area contributed by atoms with Crippen molar-refractivity contribution < 1.29 is 9.59 Å². The van der Waals surface area contributed by atoms with Gasteiger partial charge < -0.3 is 9.80 Å². The van der Waals surface area contributed by atoms with Gasteiger partial charge in [-0.25, -0.2) is 9.97 Å². The Hall–Kier alpha value is -3.28. The van der Waals surface area contributed by atoms with Crippen molar-refractivity contribution in [1.29, 1.82) is 0 Å². The van der Waals surface area contributed by atoms with E-state index >= 15 is 0 Å². The Morgan fingerprint density at radius 3 is 2.17 bits per heavy atom. The number of fused-ring (bicyclic) bond motifs is 1. The summed E-state index contributed by atoms with van der Waals surface area (Å²) < 4.78 is 0. The highest BCUT2D eigenvalue weighted by molar-refractivity contribution is 5.97. The first-order chi connectivity index (χ1) is 14.5. The molecule has 2 amide bonds. The van der Waals surface area contributed by atoms with E-state index in [-0.39, 0.29) is 11.8 Å². The van der Waals surface area contributed by atoms with E-state index in [1.165, 1.54) is 5.56 Å². The fraction of sp³-hybridized carbons (Fsp3) is 0.333. The van der Waals surface area contributed by atoms with Crippen LogP contribution in [0.4, 0.5) is 0 Å². The highest BCUT2D eigenvalue weighted by atomic mass is 16.2. The van der Waals surface area contributed by atoms with Crippen molar-refractivity contribution in [2.75, 3.05) is 26.2 Å². The molecule has 0 atom stereocenters. The van der Waals surface area contributed by atoms with Crippen molar-refractivity contribution in [1.82, 2.24) is 19.8 Å². The van der Waals surface area contributed by atoms with Crippen LogP contribution in [-0.4, -0.2) is 57.8 Å². The molecular formula is C24H26N4O2. The van der Waals surface area contributed by atoms with Gasteiger partial charge in [0, 0.05) is 38.2 Å². The van der Waals surface area contributed by atoms with E-state index in [0.717, 1.165) is 28.8 Å². The van der Waals surface area contributed by atoms with Gasteiger partial charge in [0.2, 0.25) is 5.91 Å². The van der Waals surface area contributed by atoms with Gasteiger partial charge in [0.15, 0.2) is 0 Å². The topological polar surface area (TPSA) is 66.4 Å². The largest absolute Gasteiger partial charge is 0.339 e. The van der Waals surface area contributed by atoms with Crippen LogP contribution in [0, 0.1) is 13.8 Å². The summed E-state index contributed by atoms with van der Waals surface area (Å²) in [6.07, 6.45) is 1.25. The fourth-order valence-electron chi connectivity index (χ4n) is 3.76. The molecule has 0 radical (unpaired) electrons. The molecule has 3 aromatic rings. The molecule has 6 nitrogen and oxygen atoms in total. The van der Waals surface area contributed by atoms with Crippen molar-refractivity contribution in [2.24, 2.45) is 0 Å². The van der Waals surface area contributed by atoms with E-state index in [1.807, 2.05) is 72.2 Å². The number of piperazine rings is 1. The van der Waals surface area contributed by atoms with Gasteiger partial charge in [0.05, 0.1) is 22.4 Å². The average Bonchev–Trinajstić information content (AvgIpc) is 2.78. The van der Waals surface area contributed by atoms with Crippen LogP contribution < -0.4 is 0 Å². The second-order valence-corrected chi connectivity index (χ2v) is 7.76. The van der Waals surface area contributed by atoms with Crippen LogP contribution in [-0.2, 0) is 11.2 Å². The summed E-state index contributed by atoms with van der Waals surface area (Å²) in [5.74, 6) is 0.131. The van der Waals surface area contributed by atoms with E-state index in [2.05, 4.69) is 9.97 Å². The van der Waals surface area contributed by atoms with Crippen LogP contribution in [0.15, 0.2) is 48.5 Å². The first-order valence-electron chi connectivity index (χ1n) is 10.4. The lowest BCUT2D eigenvalue weighted by Gasteiger charge is -2.35. The molecule has 1 fully saturated rings. The molecule has 0 aliphatic carbocycles. The van der Waals surface area contributed by atoms with Gasteiger partial charge in [-0.3, -0.25) is 9.59 Å². The summed E-state index contributed by atoms with van der Waals surface area (Å²) >= 11 is 0. The summed E-state index contributed by atoms with van der Waals surface area (Å²) in [5, 5.41) is 0. The SMILES string of the molecule is Cc1nc2ccc(C(=O)N3CCN(C(=O)CCc4ccccc4)CC3)cc2nc1C. The number of carbonyl (C=O) groups excluding carboxylic acids is 2. The Labute approximate surface area is 176 Å². The molecule has 0 bridgehead atoms. The number of aromatic nitrogens is 2. The van der Waals surface area contributed by atoms with Crippen molar-refractivity contribution >= 4 is 22.8 Å². The number of amides is 2. The third-order valence-electron chi connectivity index (χ3n) is 5.71. The minimum Gasteiger partial charge on any atom is -0.339 e. The Bertz CT molecular complexity index is 1070. The molecule has 154 valence electrons. The van der Waals surface area contributed by atoms with Crippen molar-refractivity contribution in [2.45, 2.75) is 26.7 Å². The Kier molecular flexibility index (Phi) is 5.74. The second kappa shape index (κ2) is 8.61. The smallest absolute Gasteiger partial charge is 0.254 e. The molecule has 1 saturated heterocycles. The molecule has 30 heavy (non-hydrogen) atoms. The van der Waals surface area contributed by atoms with Crippen LogP contribution in [0.3, 0.4) is 0 Å². The van der Waals surface area contributed by atoms with Crippen LogP contribution in [0.2, 0.25) is 0 Å². The number of aryl methyl sites for hydroxylation is 3. The van der Waals surface area contributed by atoms with Crippen LogP contribution in [0.25, 0.3) is 11.0 Å². The van der Waals surface area contributed by atoms with Gasteiger partial charge in [-0.2, -0.15) is 0 Å². The molecular weight excluding hydrogens is 376 g/mol. The van der Waals surface area contributed by atoms with Crippen molar-refractivity contribution in [3.05, 3.63) is 71.0 Å². The highest BCUT2D eigenvalue weighted by Crippen LogP contribution is 2.17. The monoisotopic (exact) mass is 402 g/mol. The van der Waals surface area contributed by atoms with Crippen LogP contribution in [0.1, 0.15) is 33.7 Å². The number of rotatable bonds is 4. The van der Waals surface area contributed by atoms with Gasteiger partial charge in [-0.05, 0) is 44.0 Å². The van der Waals surface area contributed by atoms with E-state index < -0.39 is 0 Å². The van der Waals surface area contributed by atoms with Gasteiger partial charge in [0.25, 0.3) is 5.91 Å². The summed E-state index contributed by atoms with van der Waals surface area (Å²) in [6.45, 7) is 6.10. The predicted molar refractivity (Wildman–Crippen MR) is 116 cm³/mol. The first kappa shape index (κ1) is 20.0. The Morgan fingerprint density at radius 2 is 1.47 bits per heavy atom. The summed E-state index contributed by atoms with van der Waals surface area (Å²) in [7, 11) is 0. The standard InChI is InChI=1S/C24H26N4O2/c1-17-18(2)26-22-16-20(9-10-21(22)25-17)24(30)28-14-12-27(13-15-28)23(29)11-8-19-6-4-3-5-7-19/h3-7,9-10,16H,8,11-15H2,1-2H3. The van der Waals surface area contributed by atoms with E-state index in [0.29, 0.717) is 38.2 Å². The third kappa shape index (κ3) is 4.32. The van der Waals surface area contributed by atoms with E-state index in [4.69, 9.17) is 0 Å². The first-order valence-corrected chi connectivity index (χ1v) is 10.4. The fourth-order valence-corrected chi connectivity index (χ4v) is 3.76. The lowest BCUT2D eigenvalue weighted by Crippen LogP contribution is -2.50. The molecule has 0 N–H and O–H groups in total. The van der Waals surface area contributed by atoms with Gasteiger partial charge >= 0.3 is 0 Å². The molecule has 4 rings (SSSR count). The zero-order valence-electron chi connectivity index (χ0n) is 17.5. The van der Waals surface area contributed by atoms with Gasteiger partial charge in [-0.15, -0.1) is 0 Å². The molecule has 1 aliphatic rings. The molecule has 1 aliphatic heterocycles. The normalized spacial score (nSPS) is 14.2. The number of benzene rings is 2. The van der Waals surface area contributed by atoms with Gasteiger partial charge in [0.1, 0.15) is 0 Å². The van der Waals surface area contributed by atoms with E-state index in [9.17, 15) is 9.59 Å². The maximum atomic E-state index is 13.0. The van der Waals surface area contributed by atoms with Gasteiger partial charge in [-0.1, -0.05) is 30.3 Å². The van der Waals surface area contributed by atoms with Crippen molar-refractivity contribution in [3.63, 3.8) is 0 Å². The molecule has 1 aromatic heterocycles. The van der Waals surface area contributed by atoms with Crippen molar-refractivity contribution in [3.8, 4) is 0 Å². The molecule has 0 saturated carbocycles. The lowest BCUT2D eigenvalue weighted by molar-refractivity contribution is -0.132.